The highest BCUT2D eigenvalue weighted by molar-refractivity contribution is 7.13. The SMILES string of the molecule is CCC(C)NC(=O)c1ccc(-n2nc(C(F)(F)F)cc2-c2cccs2)cc1. The zero-order chi connectivity index (χ0) is 19.6. The molecule has 1 amide bonds. The Bertz CT molecular complexity index is 915. The van der Waals surface area contributed by atoms with Gasteiger partial charge < -0.3 is 5.32 Å². The van der Waals surface area contributed by atoms with Crippen molar-refractivity contribution in [2.75, 3.05) is 0 Å². The van der Waals surface area contributed by atoms with Gasteiger partial charge in [-0.3, -0.25) is 4.79 Å². The van der Waals surface area contributed by atoms with E-state index in [1.807, 2.05) is 13.8 Å². The number of nitrogens with zero attached hydrogens (tertiary/aromatic N) is 2. The summed E-state index contributed by atoms with van der Waals surface area (Å²) in [6, 6.07) is 10.9. The number of aromatic nitrogens is 2. The summed E-state index contributed by atoms with van der Waals surface area (Å²) in [7, 11) is 0. The highest BCUT2D eigenvalue weighted by Crippen LogP contribution is 2.34. The summed E-state index contributed by atoms with van der Waals surface area (Å²) < 4.78 is 40.7. The van der Waals surface area contributed by atoms with Gasteiger partial charge in [0.05, 0.1) is 16.3 Å². The minimum Gasteiger partial charge on any atom is -0.350 e. The van der Waals surface area contributed by atoms with Crippen LogP contribution in [0.5, 0.6) is 0 Å². The third-order valence-electron chi connectivity index (χ3n) is 4.14. The van der Waals surface area contributed by atoms with Gasteiger partial charge in [-0.25, -0.2) is 4.68 Å². The summed E-state index contributed by atoms with van der Waals surface area (Å²) in [4.78, 5) is 12.8. The van der Waals surface area contributed by atoms with Gasteiger partial charge in [0, 0.05) is 11.6 Å². The minimum atomic E-state index is -4.53. The summed E-state index contributed by atoms with van der Waals surface area (Å²) in [5.74, 6) is -0.217. The molecule has 0 spiro atoms. The lowest BCUT2D eigenvalue weighted by Gasteiger charge is -2.12. The molecule has 2 aromatic heterocycles. The van der Waals surface area contributed by atoms with Crippen LogP contribution in [-0.4, -0.2) is 21.7 Å². The number of rotatable bonds is 5. The van der Waals surface area contributed by atoms with E-state index in [1.54, 1.807) is 41.8 Å². The van der Waals surface area contributed by atoms with Crippen molar-refractivity contribution in [3.05, 3.63) is 59.1 Å². The maximum atomic E-state index is 13.1. The van der Waals surface area contributed by atoms with Crippen LogP contribution >= 0.6 is 11.3 Å². The van der Waals surface area contributed by atoms with Gasteiger partial charge in [0.2, 0.25) is 0 Å². The maximum absolute atomic E-state index is 13.1. The lowest BCUT2D eigenvalue weighted by molar-refractivity contribution is -0.141. The Morgan fingerprint density at radius 3 is 2.52 bits per heavy atom. The summed E-state index contributed by atoms with van der Waals surface area (Å²) in [5, 5.41) is 8.39. The molecule has 0 radical (unpaired) electrons. The molecule has 1 aromatic carbocycles. The van der Waals surface area contributed by atoms with Gasteiger partial charge in [-0.05, 0) is 55.1 Å². The molecule has 0 bridgehead atoms. The fourth-order valence-corrected chi connectivity index (χ4v) is 3.21. The van der Waals surface area contributed by atoms with Gasteiger partial charge in [0.15, 0.2) is 5.69 Å². The van der Waals surface area contributed by atoms with Crippen LogP contribution in [0.25, 0.3) is 16.3 Å². The van der Waals surface area contributed by atoms with Crippen LogP contribution in [0, 0.1) is 0 Å². The topological polar surface area (TPSA) is 46.9 Å². The number of thiophene rings is 1. The second-order valence-electron chi connectivity index (χ2n) is 6.13. The first kappa shape index (κ1) is 19.2. The number of hydrogen-bond acceptors (Lipinski definition) is 3. The molecule has 0 fully saturated rings. The fraction of sp³-hybridized carbons (Fsp3) is 0.263. The van der Waals surface area contributed by atoms with E-state index in [9.17, 15) is 18.0 Å². The van der Waals surface area contributed by atoms with E-state index in [4.69, 9.17) is 0 Å². The molecule has 1 N–H and O–H groups in total. The largest absolute Gasteiger partial charge is 0.435 e. The average molecular weight is 393 g/mol. The number of hydrogen-bond donors (Lipinski definition) is 1. The van der Waals surface area contributed by atoms with E-state index in [-0.39, 0.29) is 11.9 Å². The molecule has 2 heterocycles. The second-order valence-corrected chi connectivity index (χ2v) is 7.08. The van der Waals surface area contributed by atoms with Crippen LogP contribution in [0.3, 0.4) is 0 Å². The molecule has 0 aliphatic heterocycles. The molecule has 4 nitrogen and oxygen atoms in total. The van der Waals surface area contributed by atoms with Crippen molar-refractivity contribution in [1.29, 1.82) is 0 Å². The van der Waals surface area contributed by atoms with E-state index in [0.717, 1.165) is 12.5 Å². The molecule has 1 atom stereocenters. The normalized spacial score (nSPS) is 12.8. The molecular formula is C19H18F3N3OS. The van der Waals surface area contributed by atoms with E-state index >= 15 is 0 Å². The molecule has 3 aromatic rings. The fourth-order valence-electron chi connectivity index (χ4n) is 2.48. The molecule has 8 heteroatoms. The second kappa shape index (κ2) is 7.56. The highest BCUT2D eigenvalue weighted by Gasteiger charge is 2.35. The monoisotopic (exact) mass is 393 g/mol. The summed E-state index contributed by atoms with van der Waals surface area (Å²) in [6.07, 6.45) is -3.73. The van der Waals surface area contributed by atoms with Gasteiger partial charge in [0.25, 0.3) is 5.91 Å². The van der Waals surface area contributed by atoms with Crippen molar-refractivity contribution in [1.82, 2.24) is 15.1 Å². The van der Waals surface area contributed by atoms with Crippen LogP contribution < -0.4 is 5.32 Å². The van der Waals surface area contributed by atoms with E-state index in [2.05, 4.69) is 10.4 Å². The number of alkyl halides is 3. The number of amides is 1. The Labute approximate surface area is 158 Å². The first-order valence-corrected chi connectivity index (χ1v) is 9.30. The first-order chi connectivity index (χ1) is 12.8. The van der Waals surface area contributed by atoms with E-state index < -0.39 is 11.9 Å². The van der Waals surface area contributed by atoms with Crippen LogP contribution in [-0.2, 0) is 6.18 Å². The Morgan fingerprint density at radius 1 is 1.26 bits per heavy atom. The Balaban J connectivity index is 1.96. The average Bonchev–Trinajstić information content (AvgIpc) is 3.30. The molecule has 27 heavy (non-hydrogen) atoms. The van der Waals surface area contributed by atoms with Crippen LogP contribution in [0.15, 0.2) is 47.8 Å². The third-order valence-corrected chi connectivity index (χ3v) is 5.03. The number of nitrogens with one attached hydrogen (secondary N) is 1. The molecule has 0 aliphatic rings. The third kappa shape index (κ3) is 4.21. The lowest BCUT2D eigenvalue weighted by atomic mass is 10.1. The standard InChI is InChI=1S/C19H18F3N3OS/c1-3-12(2)23-18(26)13-6-8-14(9-7-13)25-15(16-5-4-10-27-16)11-17(24-25)19(20,21)22/h4-12H,3H2,1-2H3,(H,23,26). The summed E-state index contributed by atoms with van der Waals surface area (Å²) in [5.41, 5.74) is 0.299. The minimum absolute atomic E-state index is 0.0445. The molecule has 142 valence electrons. The Hall–Kier alpha value is -2.61. The Morgan fingerprint density at radius 2 is 1.96 bits per heavy atom. The highest BCUT2D eigenvalue weighted by atomic mass is 32.1. The summed E-state index contributed by atoms with van der Waals surface area (Å²) >= 11 is 1.33. The Kier molecular flexibility index (Phi) is 5.36. The van der Waals surface area contributed by atoms with Gasteiger partial charge in [-0.15, -0.1) is 11.3 Å². The molecular weight excluding hydrogens is 375 g/mol. The number of benzene rings is 1. The molecule has 1 unspecified atom stereocenters. The van der Waals surface area contributed by atoms with Gasteiger partial charge in [0.1, 0.15) is 0 Å². The summed E-state index contributed by atoms with van der Waals surface area (Å²) in [6.45, 7) is 3.87. The van der Waals surface area contributed by atoms with Gasteiger partial charge in [-0.1, -0.05) is 13.0 Å². The molecule has 0 saturated heterocycles. The van der Waals surface area contributed by atoms with Gasteiger partial charge >= 0.3 is 6.18 Å². The van der Waals surface area contributed by atoms with Crippen molar-refractivity contribution in [2.45, 2.75) is 32.5 Å². The van der Waals surface area contributed by atoms with Crippen molar-refractivity contribution >= 4 is 17.2 Å². The lowest BCUT2D eigenvalue weighted by Crippen LogP contribution is -2.31. The number of halogens is 3. The predicted molar refractivity (Wildman–Crippen MR) is 99.1 cm³/mol. The molecule has 3 rings (SSSR count). The van der Waals surface area contributed by atoms with Crippen molar-refractivity contribution in [3.63, 3.8) is 0 Å². The first-order valence-electron chi connectivity index (χ1n) is 8.42. The quantitative estimate of drug-likeness (QED) is 0.652. The van der Waals surface area contributed by atoms with Crippen LogP contribution in [0.4, 0.5) is 13.2 Å². The van der Waals surface area contributed by atoms with E-state index in [1.165, 1.54) is 16.0 Å². The van der Waals surface area contributed by atoms with E-state index in [0.29, 0.717) is 21.8 Å². The number of carbonyl (C=O) groups excluding carboxylic acids is 1. The smallest absolute Gasteiger partial charge is 0.350 e. The van der Waals surface area contributed by atoms with Crippen molar-refractivity contribution < 1.29 is 18.0 Å². The van der Waals surface area contributed by atoms with Crippen LogP contribution in [0.2, 0.25) is 0 Å². The number of carbonyl (C=O) groups is 1. The molecule has 0 aliphatic carbocycles. The van der Waals surface area contributed by atoms with Crippen LogP contribution in [0.1, 0.15) is 36.3 Å². The predicted octanol–water partition coefficient (Wildman–Crippen LogP) is 5.15. The van der Waals surface area contributed by atoms with Gasteiger partial charge in [-0.2, -0.15) is 18.3 Å². The molecule has 0 saturated carbocycles. The zero-order valence-electron chi connectivity index (χ0n) is 14.7. The van der Waals surface area contributed by atoms with Crippen molar-refractivity contribution in [3.8, 4) is 16.3 Å². The zero-order valence-corrected chi connectivity index (χ0v) is 15.6. The van der Waals surface area contributed by atoms with Crippen molar-refractivity contribution in [2.24, 2.45) is 0 Å². The maximum Gasteiger partial charge on any atom is 0.435 e.